The number of nitro groups is 1. The van der Waals surface area contributed by atoms with Gasteiger partial charge in [-0.1, -0.05) is 23.2 Å². The number of nitrogens with zero attached hydrogens (tertiary/aromatic N) is 2. The minimum Gasteiger partial charge on any atom is -0.489 e. The van der Waals surface area contributed by atoms with Crippen LogP contribution in [0.3, 0.4) is 0 Å². The molecule has 0 aliphatic rings. The number of rotatable bonds is 4. The number of ether oxygens (including phenoxy) is 1. The number of nitriles is 1. The van der Waals surface area contributed by atoms with E-state index in [2.05, 4.69) is 0 Å². The third-order valence-corrected chi connectivity index (χ3v) is 3.37. The molecule has 0 fully saturated rings. The van der Waals surface area contributed by atoms with Gasteiger partial charge in [-0.15, -0.1) is 0 Å². The third-order valence-electron chi connectivity index (χ3n) is 2.70. The molecule has 21 heavy (non-hydrogen) atoms. The van der Waals surface area contributed by atoms with Crippen LogP contribution in [0.2, 0.25) is 10.0 Å². The van der Waals surface area contributed by atoms with Crippen LogP contribution in [0.15, 0.2) is 36.4 Å². The molecule has 0 spiro atoms. The first-order chi connectivity index (χ1) is 10.0. The van der Waals surface area contributed by atoms with Crippen LogP contribution < -0.4 is 4.74 Å². The quantitative estimate of drug-likeness (QED) is 0.619. The summed E-state index contributed by atoms with van der Waals surface area (Å²) in [5, 5.41) is 19.9. The van der Waals surface area contributed by atoms with Crippen molar-refractivity contribution in [1.82, 2.24) is 0 Å². The number of benzene rings is 2. The Bertz CT molecular complexity index is 741. The van der Waals surface area contributed by atoms with Crippen LogP contribution in [0.25, 0.3) is 0 Å². The second-order valence-electron chi connectivity index (χ2n) is 4.07. The lowest BCUT2D eigenvalue weighted by atomic mass is 10.2. The van der Waals surface area contributed by atoms with E-state index in [0.717, 1.165) is 0 Å². The molecule has 0 unspecified atom stereocenters. The minimum atomic E-state index is -0.517. The van der Waals surface area contributed by atoms with Crippen LogP contribution in [0.4, 0.5) is 5.69 Å². The van der Waals surface area contributed by atoms with Gasteiger partial charge in [-0.3, -0.25) is 10.1 Å². The smallest absolute Gasteiger partial charge is 0.270 e. The van der Waals surface area contributed by atoms with Crippen LogP contribution in [0, 0.1) is 21.4 Å². The first-order valence-corrected chi connectivity index (χ1v) is 6.52. The lowest BCUT2D eigenvalue weighted by Gasteiger charge is -2.08. The standard InChI is InChI=1S/C14H8Cl2N2O3/c15-13-5-11(18(19)20)3-1-10(13)8-21-12-4-2-9(7-17)14(16)6-12/h1-6H,8H2. The van der Waals surface area contributed by atoms with Gasteiger partial charge in [-0.25, -0.2) is 0 Å². The summed E-state index contributed by atoms with van der Waals surface area (Å²) in [5.41, 5.74) is 0.894. The molecule has 2 rings (SSSR count). The Morgan fingerprint density at radius 2 is 1.95 bits per heavy atom. The fraction of sp³-hybridized carbons (Fsp3) is 0.0714. The summed E-state index contributed by atoms with van der Waals surface area (Å²) in [6.45, 7) is 0.138. The Kier molecular flexibility index (Phi) is 4.63. The molecule has 0 aliphatic carbocycles. The number of halogens is 2. The third kappa shape index (κ3) is 3.63. The molecule has 0 N–H and O–H groups in total. The second kappa shape index (κ2) is 6.44. The van der Waals surface area contributed by atoms with Crippen LogP contribution >= 0.6 is 23.2 Å². The van der Waals surface area contributed by atoms with Crippen molar-refractivity contribution in [3.05, 3.63) is 67.7 Å². The maximum atomic E-state index is 10.6. The molecule has 0 saturated carbocycles. The summed E-state index contributed by atoms with van der Waals surface area (Å²) >= 11 is 11.9. The maximum Gasteiger partial charge on any atom is 0.270 e. The van der Waals surface area contributed by atoms with Gasteiger partial charge in [-0.2, -0.15) is 5.26 Å². The number of hydrogen-bond acceptors (Lipinski definition) is 4. The van der Waals surface area contributed by atoms with E-state index in [0.29, 0.717) is 21.9 Å². The van der Waals surface area contributed by atoms with Crippen LogP contribution in [-0.4, -0.2) is 4.92 Å². The van der Waals surface area contributed by atoms with Gasteiger partial charge in [0.25, 0.3) is 5.69 Å². The lowest BCUT2D eigenvalue weighted by molar-refractivity contribution is -0.384. The van der Waals surface area contributed by atoms with Gasteiger partial charge in [0.05, 0.1) is 20.5 Å². The zero-order valence-electron chi connectivity index (χ0n) is 10.5. The number of nitro benzene ring substituents is 1. The van der Waals surface area contributed by atoms with Crippen LogP contribution in [-0.2, 0) is 6.61 Å². The number of non-ortho nitro benzene ring substituents is 1. The highest BCUT2D eigenvalue weighted by molar-refractivity contribution is 6.32. The molecule has 0 aromatic heterocycles. The van der Waals surface area contributed by atoms with Crippen molar-refractivity contribution in [3.8, 4) is 11.8 Å². The van der Waals surface area contributed by atoms with E-state index < -0.39 is 4.92 Å². The largest absolute Gasteiger partial charge is 0.489 e. The molecule has 0 atom stereocenters. The maximum absolute atomic E-state index is 10.6. The highest BCUT2D eigenvalue weighted by Gasteiger charge is 2.10. The van der Waals surface area contributed by atoms with Crippen molar-refractivity contribution in [2.75, 3.05) is 0 Å². The van der Waals surface area contributed by atoms with Gasteiger partial charge < -0.3 is 4.74 Å². The van der Waals surface area contributed by atoms with Crippen molar-refractivity contribution in [2.24, 2.45) is 0 Å². The zero-order valence-corrected chi connectivity index (χ0v) is 12.1. The summed E-state index contributed by atoms with van der Waals surface area (Å²) < 4.78 is 5.51. The van der Waals surface area contributed by atoms with E-state index in [9.17, 15) is 10.1 Å². The molecule has 0 bridgehead atoms. The van der Waals surface area contributed by atoms with E-state index >= 15 is 0 Å². The molecule has 0 amide bonds. The Hall–Kier alpha value is -2.29. The Labute approximate surface area is 130 Å². The van der Waals surface area contributed by atoms with Gasteiger partial charge in [0.2, 0.25) is 0 Å². The Morgan fingerprint density at radius 1 is 1.19 bits per heavy atom. The predicted molar refractivity (Wildman–Crippen MR) is 78.6 cm³/mol. The number of hydrogen-bond donors (Lipinski definition) is 0. The predicted octanol–water partition coefficient (Wildman–Crippen LogP) is 4.35. The molecule has 7 heteroatoms. The van der Waals surface area contributed by atoms with Crippen LogP contribution in [0.1, 0.15) is 11.1 Å². The van der Waals surface area contributed by atoms with Gasteiger partial charge >= 0.3 is 0 Å². The molecule has 5 nitrogen and oxygen atoms in total. The monoisotopic (exact) mass is 322 g/mol. The topological polar surface area (TPSA) is 76.2 Å². The molecular formula is C14H8Cl2N2O3. The molecule has 106 valence electrons. The summed E-state index contributed by atoms with van der Waals surface area (Å²) in [6.07, 6.45) is 0. The van der Waals surface area contributed by atoms with Gasteiger partial charge in [0.1, 0.15) is 18.4 Å². The van der Waals surface area contributed by atoms with Gasteiger partial charge in [0.15, 0.2) is 0 Å². The summed E-state index contributed by atoms with van der Waals surface area (Å²) in [4.78, 5) is 10.1. The summed E-state index contributed by atoms with van der Waals surface area (Å²) in [7, 11) is 0. The van der Waals surface area contributed by atoms with E-state index in [1.165, 1.54) is 24.3 Å². The highest BCUT2D eigenvalue weighted by atomic mass is 35.5. The van der Waals surface area contributed by atoms with E-state index in [4.69, 9.17) is 33.2 Å². The van der Waals surface area contributed by atoms with Crippen molar-refractivity contribution < 1.29 is 9.66 Å². The molecule has 0 aliphatic heterocycles. The SMILES string of the molecule is N#Cc1ccc(OCc2ccc([N+](=O)[O-])cc2Cl)cc1Cl. The zero-order chi connectivity index (χ0) is 15.4. The lowest BCUT2D eigenvalue weighted by Crippen LogP contribution is -1.97. The first-order valence-electron chi connectivity index (χ1n) is 5.76. The Morgan fingerprint density at radius 3 is 2.52 bits per heavy atom. The molecule has 0 heterocycles. The van der Waals surface area contributed by atoms with Crippen molar-refractivity contribution in [1.29, 1.82) is 5.26 Å². The van der Waals surface area contributed by atoms with E-state index in [-0.39, 0.29) is 17.3 Å². The summed E-state index contributed by atoms with van der Waals surface area (Å²) in [6, 6.07) is 10.8. The van der Waals surface area contributed by atoms with Crippen LogP contribution in [0.5, 0.6) is 5.75 Å². The van der Waals surface area contributed by atoms with Crippen molar-refractivity contribution in [2.45, 2.75) is 6.61 Å². The highest BCUT2D eigenvalue weighted by Crippen LogP contribution is 2.26. The molecule has 0 radical (unpaired) electrons. The molecular weight excluding hydrogens is 315 g/mol. The molecule has 0 saturated heterocycles. The van der Waals surface area contributed by atoms with Crippen molar-refractivity contribution >= 4 is 28.9 Å². The van der Waals surface area contributed by atoms with E-state index in [1.807, 2.05) is 6.07 Å². The Balaban J connectivity index is 2.11. The molecule has 2 aromatic rings. The molecule has 2 aromatic carbocycles. The minimum absolute atomic E-state index is 0.0785. The second-order valence-corrected chi connectivity index (χ2v) is 4.89. The van der Waals surface area contributed by atoms with Crippen molar-refractivity contribution in [3.63, 3.8) is 0 Å². The van der Waals surface area contributed by atoms with Gasteiger partial charge in [-0.05, 0) is 18.2 Å². The fourth-order valence-electron chi connectivity index (χ4n) is 1.60. The van der Waals surface area contributed by atoms with E-state index in [1.54, 1.807) is 12.1 Å². The van der Waals surface area contributed by atoms with Gasteiger partial charge in [0, 0.05) is 23.8 Å². The average molecular weight is 323 g/mol. The normalized spacial score (nSPS) is 9.95. The average Bonchev–Trinajstić information content (AvgIpc) is 2.46. The fourth-order valence-corrected chi connectivity index (χ4v) is 2.05. The summed E-state index contributed by atoms with van der Waals surface area (Å²) in [5.74, 6) is 0.480. The first kappa shape index (κ1) is 15.1.